The summed E-state index contributed by atoms with van der Waals surface area (Å²) in [5.74, 6) is 0.339. The predicted octanol–water partition coefficient (Wildman–Crippen LogP) is 2.64. The molecule has 3 aromatic rings. The van der Waals surface area contributed by atoms with Crippen LogP contribution in [0.5, 0.6) is 0 Å². The van der Waals surface area contributed by atoms with Gasteiger partial charge in [-0.1, -0.05) is 29.8 Å². The van der Waals surface area contributed by atoms with E-state index >= 15 is 0 Å². The molecule has 1 aliphatic carbocycles. The fourth-order valence-corrected chi connectivity index (χ4v) is 4.26. The highest BCUT2D eigenvalue weighted by atomic mass is 35.5. The smallest absolute Gasteiger partial charge is 0.240 e. The molecule has 0 unspecified atom stereocenters. The second kappa shape index (κ2) is 8.50. The lowest BCUT2D eigenvalue weighted by Crippen LogP contribution is -2.27. The summed E-state index contributed by atoms with van der Waals surface area (Å²) >= 11 is 5.84. The Labute approximate surface area is 178 Å². The number of sulfonamides is 1. The summed E-state index contributed by atoms with van der Waals surface area (Å²) < 4.78 is 28.7. The largest absolute Gasteiger partial charge is 0.326 e. The Balaban J connectivity index is 1.35. The van der Waals surface area contributed by atoms with Crippen molar-refractivity contribution in [2.75, 3.05) is 11.9 Å². The number of amides is 1. The van der Waals surface area contributed by atoms with Crippen molar-refractivity contribution in [3.8, 4) is 11.4 Å². The molecule has 4 rings (SSSR count). The number of hydrogen-bond donors (Lipinski definition) is 2. The Hall–Kier alpha value is -2.82. The average molecular weight is 447 g/mol. The van der Waals surface area contributed by atoms with Gasteiger partial charge in [-0.2, -0.15) is 0 Å². The van der Waals surface area contributed by atoms with Gasteiger partial charge in [0.15, 0.2) is 5.82 Å². The number of tetrazole rings is 1. The zero-order valence-corrected chi connectivity index (χ0v) is 17.4. The minimum absolute atomic E-state index is 0.0240. The predicted molar refractivity (Wildman–Crippen MR) is 111 cm³/mol. The summed E-state index contributed by atoms with van der Waals surface area (Å²) in [7, 11) is -3.73. The van der Waals surface area contributed by atoms with Gasteiger partial charge in [-0.05, 0) is 53.6 Å². The van der Waals surface area contributed by atoms with Crippen molar-refractivity contribution in [2.45, 2.75) is 30.2 Å². The van der Waals surface area contributed by atoms with Crippen LogP contribution in [0.1, 0.15) is 25.3 Å². The van der Waals surface area contributed by atoms with E-state index < -0.39 is 10.0 Å². The quantitative estimate of drug-likeness (QED) is 0.549. The van der Waals surface area contributed by atoms with E-state index in [4.69, 9.17) is 11.6 Å². The van der Waals surface area contributed by atoms with E-state index in [-0.39, 0.29) is 23.8 Å². The number of carbonyl (C=O) groups is 1. The van der Waals surface area contributed by atoms with Crippen LogP contribution in [-0.2, 0) is 14.8 Å². The minimum Gasteiger partial charge on any atom is -0.326 e. The molecule has 0 saturated heterocycles. The summed E-state index contributed by atoms with van der Waals surface area (Å²) in [5.41, 5.74) is 1.38. The van der Waals surface area contributed by atoms with Gasteiger partial charge in [-0.15, -0.1) is 5.10 Å². The molecule has 11 heteroatoms. The van der Waals surface area contributed by atoms with Gasteiger partial charge in [0, 0.05) is 29.2 Å². The fourth-order valence-electron chi connectivity index (χ4n) is 2.92. The molecule has 0 radical (unpaired) electrons. The zero-order valence-electron chi connectivity index (χ0n) is 15.8. The molecule has 1 amide bonds. The monoisotopic (exact) mass is 446 g/mol. The first-order valence-electron chi connectivity index (χ1n) is 9.36. The standard InChI is InChI=1S/C19H19ClN6O3S/c20-14-4-2-6-17(12-14)30(28,29)21-10-9-18(27)22-15-5-1-3-13(11-15)19-23-24-25-26(19)16-7-8-16/h1-6,11-12,16,21H,7-10H2,(H,22,27). The number of aromatic nitrogens is 4. The van der Waals surface area contributed by atoms with Crippen LogP contribution in [0, 0.1) is 0 Å². The summed E-state index contributed by atoms with van der Waals surface area (Å²) in [6.45, 7) is -0.0414. The summed E-state index contributed by atoms with van der Waals surface area (Å²) in [6.07, 6.45) is 2.09. The van der Waals surface area contributed by atoms with Crippen molar-refractivity contribution < 1.29 is 13.2 Å². The molecule has 0 bridgehead atoms. The summed E-state index contributed by atoms with van der Waals surface area (Å²) in [4.78, 5) is 12.3. The molecular weight excluding hydrogens is 428 g/mol. The minimum atomic E-state index is -3.73. The van der Waals surface area contributed by atoms with E-state index in [0.717, 1.165) is 18.4 Å². The lowest BCUT2D eigenvalue weighted by Gasteiger charge is -2.09. The molecule has 9 nitrogen and oxygen atoms in total. The van der Waals surface area contributed by atoms with Gasteiger partial charge in [-0.25, -0.2) is 17.8 Å². The maximum absolute atomic E-state index is 12.3. The number of halogens is 1. The van der Waals surface area contributed by atoms with Gasteiger partial charge in [0.25, 0.3) is 0 Å². The molecule has 0 spiro atoms. The number of anilines is 1. The summed E-state index contributed by atoms with van der Waals surface area (Å²) in [6, 6.07) is 13.5. The van der Waals surface area contributed by atoms with Crippen LogP contribution in [0.4, 0.5) is 5.69 Å². The van der Waals surface area contributed by atoms with E-state index in [2.05, 4.69) is 25.6 Å². The van der Waals surface area contributed by atoms with Crippen molar-refractivity contribution >= 4 is 33.2 Å². The highest BCUT2D eigenvalue weighted by Crippen LogP contribution is 2.36. The summed E-state index contributed by atoms with van der Waals surface area (Å²) in [5, 5.41) is 15.0. The van der Waals surface area contributed by atoms with Crippen molar-refractivity contribution in [1.82, 2.24) is 24.9 Å². The zero-order chi connectivity index (χ0) is 21.1. The molecule has 1 aromatic heterocycles. The Kier molecular flexibility index (Phi) is 5.80. The van der Waals surface area contributed by atoms with E-state index in [0.29, 0.717) is 22.6 Å². The molecule has 1 fully saturated rings. The topological polar surface area (TPSA) is 119 Å². The Morgan fingerprint density at radius 3 is 2.73 bits per heavy atom. The van der Waals surface area contributed by atoms with E-state index in [1.165, 1.54) is 12.1 Å². The SMILES string of the molecule is O=C(CCNS(=O)(=O)c1cccc(Cl)c1)Nc1cccc(-c2nnnn2C2CC2)c1. The van der Waals surface area contributed by atoms with Crippen LogP contribution in [0.25, 0.3) is 11.4 Å². The lowest BCUT2D eigenvalue weighted by atomic mass is 10.2. The molecular formula is C19H19ClN6O3S. The van der Waals surface area contributed by atoms with Gasteiger partial charge in [-0.3, -0.25) is 4.79 Å². The second-order valence-electron chi connectivity index (χ2n) is 6.91. The maximum atomic E-state index is 12.3. The molecule has 1 saturated carbocycles. The van der Waals surface area contributed by atoms with Crippen LogP contribution >= 0.6 is 11.6 Å². The third-order valence-electron chi connectivity index (χ3n) is 4.54. The van der Waals surface area contributed by atoms with Gasteiger partial charge in [0.2, 0.25) is 15.9 Å². The van der Waals surface area contributed by atoms with Crippen LogP contribution < -0.4 is 10.0 Å². The van der Waals surface area contributed by atoms with Crippen molar-refractivity contribution in [1.29, 1.82) is 0 Å². The van der Waals surface area contributed by atoms with Gasteiger partial charge < -0.3 is 5.32 Å². The van der Waals surface area contributed by atoms with Gasteiger partial charge in [0.1, 0.15) is 0 Å². The highest BCUT2D eigenvalue weighted by molar-refractivity contribution is 7.89. The second-order valence-corrected chi connectivity index (χ2v) is 9.12. The van der Waals surface area contributed by atoms with E-state index in [1.807, 2.05) is 6.07 Å². The van der Waals surface area contributed by atoms with E-state index in [1.54, 1.807) is 35.0 Å². The maximum Gasteiger partial charge on any atom is 0.240 e. The molecule has 156 valence electrons. The third-order valence-corrected chi connectivity index (χ3v) is 6.23. The van der Waals surface area contributed by atoms with Crippen LogP contribution in [0.15, 0.2) is 53.4 Å². The number of hydrogen-bond acceptors (Lipinski definition) is 6. The van der Waals surface area contributed by atoms with Crippen molar-refractivity contribution in [2.24, 2.45) is 0 Å². The number of nitrogens with one attached hydrogen (secondary N) is 2. The van der Waals surface area contributed by atoms with Crippen LogP contribution in [0.2, 0.25) is 5.02 Å². The number of nitrogens with zero attached hydrogens (tertiary/aromatic N) is 4. The first-order chi connectivity index (χ1) is 14.4. The van der Waals surface area contributed by atoms with Gasteiger partial charge >= 0.3 is 0 Å². The number of benzene rings is 2. The molecule has 1 heterocycles. The Bertz CT molecular complexity index is 1180. The first kappa shape index (κ1) is 20.5. The van der Waals surface area contributed by atoms with Crippen molar-refractivity contribution in [3.05, 3.63) is 53.6 Å². The Morgan fingerprint density at radius 2 is 1.97 bits per heavy atom. The fraction of sp³-hybridized carbons (Fsp3) is 0.263. The normalized spacial score (nSPS) is 13.9. The molecule has 2 N–H and O–H groups in total. The molecule has 0 aliphatic heterocycles. The first-order valence-corrected chi connectivity index (χ1v) is 11.2. The number of carbonyl (C=O) groups excluding carboxylic acids is 1. The highest BCUT2D eigenvalue weighted by Gasteiger charge is 2.28. The molecule has 1 aliphatic rings. The average Bonchev–Trinajstić information content (AvgIpc) is 3.44. The van der Waals surface area contributed by atoms with Crippen molar-refractivity contribution in [3.63, 3.8) is 0 Å². The van der Waals surface area contributed by atoms with E-state index in [9.17, 15) is 13.2 Å². The lowest BCUT2D eigenvalue weighted by molar-refractivity contribution is -0.116. The molecule has 0 atom stereocenters. The Morgan fingerprint density at radius 1 is 1.17 bits per heavy atom. The molecule has 30 heavy (non-hydrogen) atoms. The van der Waals surface area contributed by atoms with Gasteiger partial charge in [0.05, 0.1) is 10.9 Å². The van der Waals surface area contributed by atoms with Crippen LogP contribution in [0.3, 0.4) is 0 Å². The number of rotatable bonds is 8. The third kappa shape index (κ3) is 4.84. The molecule has 2 aromatic carbocycles. The van der Waals surface area contributed by atoms with Crippen LogP contribution in [-0.4, -0.2) is 41.1 Å².